The fourth-order valence-electron chi connectivity index (χ4n) is 4.11. The van der Waals surface area contributed by atoms with Gasteiger partial charge in [0.25, 0.3) is 0 Å². The highest BCUT2D eigenvalue weighted by Crippen LogP contribution is 2.34. The van der Waals surface area contributed by atoms with Crippen LogP contribution < -0.4 is 9.62 Å². The summed E-state index contributed by atoms with van der Waals surface area (Å²) in [5.74, 6) is -0.894. The maximum atomic E-state index is 14.1. The Morgan fingerprint density at radius 1 is 0.975 bits per heavy atom. The van der Waals surface area contributed by atoms with Crippen LogP contribution in [-0.4, -0.2) is 50.0 Å². The van der Waals surface area contributed by atoms with Gasteiger partial charge in [0, 0.05) is 23.5 Å². The summed E-state index contributed by atoms with van der Waals surface area (Å²) in [5.41, 5.74) is 1.71. The molecule has 0 aliphatic rings. The number of sulfonamides is 1. The second-order valence-electron chi connectivity index (χ2n) is 9.52. The van der Waals surface area contributed by atoms with Gasteiger partial charge >= 0.3 is 0 Å². The maximum Gasteiger partial charge on any atom is 0.244 e. The Morgan fingerprint density at radius 3 is 2.25 bits per heavy atom. The Morgan fingerprint density at radius 2 is 1.62 bits per heavy atom. The number of nitrogens with zero attached hydrogens (tertiary/aromatic N) is 2. The normalized spacial score (nSPS) is 12.8. The molecule has 0 aliphatic carbocycles. The lowest BCUT2D eigenvalue weighted by atomic mass is 10.0. The van der Waals surface area contributed by atoms with Crippen molar-refractivity contribution in [3.05, 3.63) is 98.4 Å². The molecular weight excluding hydrogens is 637 g/mol. The third-order valence-electron chi connectivity index (χ3n) is 6.39. The van der Waals surface area contributed by atoms with Crippen LogP contribution in [0.4, 0.5) is 5.69 Å². The molecule has 0 fully saturated rings. The summed E-state index contributed by atoms with van der Waals surface area (Å²) in [6, 6.07) is 20.3. The molecular formula is C29H32BrCl2N3O4S. The van der Waals surface area contributed by atoms with Crippen molar-refractivity contribution >= 4 is 66.7 Å². The molecule has 0 radical (unpaired) electrons. The van der Waals surface area contributed by atoms with Crippen LogP contribution in [0, 0.1) is 0 Å². The number of carbonyl (C=O) groups excluding carboxylic acids is 2. The molecule has 40 heavy (non-hydrogen) atoms. The zero-order valence-electron chi connectivity index (χ0n) is 22.5. The third-order valence-corrected chi connectivity index (χ3v) is 8.82. The standard InChI is InChI=1S/C29H32BrCl2N3O4S/c1-4-20(2)33-29(37)26(17-21-10-6-5-7-11-21)34(18-22-12-8-13-23(30)16-22)27(36)19-35(40(3,38)39)25-15-9-14-24(31)28(25)32/h5-16,20,26H,4,17-19H2,1-3H3,(H,33,37)/t20-,26+/m0/s1. The van der Waals surface area contributed by atoms with Crippen molar-refractivity contribution in [1.29, 1.82) is 0 Å². The van der Waals surface area contributed by atoms with Crippen LogP contribution in [-0.2, 0) is 32.6 Å². The first-order valence-corrected chi connectivity index (χ1v) is 16.1. The lowest BCUT2D eigenvalue weighted by Gasteiger charge is -2.34. The predicted octanol–water partition coefficient (Wildman–Crippen LogP) is 6.08. The van der Waals surface area contributed by atoms with E-state index in [0.717, 1.165) is 26.2 Å². The van der Waals surface area contributed by atoms with Crippen molar-refractivity contribution in [3.63, 3.8) is 0 Å². The van der Waals surface area contributed by atoms with Crippen molar-refractivity contribution < 1.29 is 18.0 Å². The fraction of sp³-hybridized carbons (Fsp3) is 0.310. The number of rotatable bonds is 12. The van der Waals surface area contributed by atoms with Gasteiger partial charge in [0.15, 0.2) is 0 Å². The molecule has 214 valence electrons. The molecule has 0 aliphatic heterocycles. The number of benzene rings is 3. The van der Waals surface area contributed by atoms with Gasteiger partial charge < -0.3 is 10.2 Å². The average molecular weight is 669 g/mol. The summed E-state index contributed by atoms with van der Waals surface area (Å²) >= 11 is 16.0. The first kappa shape index (κ1) is 31.9. The van der Waals surface area contributed by atoms with Crippen LogP contribution in [0.3, 0.4) is 0 Å². The molecule has 2 atom stereocenters. The number of anilines is 1. The molecule has 11 heteroatoms. The van der Waals surface area contributed by atoms with Crippen molar-refractivity contribution in [1.82, 2.24) is 10.2 Å². The Balaban J connectivity index is 2.09. The molecule has 3 rings (SSSR count). The summed E-state index contributed by atoms with van der Waals surface area (Å²) in [5, 5.41) is 3.17. The Hall–Kier alpha value is -2.59. The largest absolute Gasteiger partial charge is 0.352 e. The van der Waals surface area contributed by atoms with Gasteiger partial charge in [-0.2, -0.15) is 0 Å². The minimum atomic E-state index is -3.96. The summed E-state index contributed by atoms with van der Waals surface area (Å²) < 4.78 is 27.5. The maximum absolute atomic E-state index is 14.1. The summed E-state index contributed by atoms with van der Waals surface area (Å²) in [6.45, 7) is 3.35. The van der Waals surface area contributed by atoms with E-state index in [4.69, 9.17) is 23.2 Å². The van der Waals surface area contributed by atoms with E-state index >= 15 is 0 Å². The van der Waals surface area contributed by atoms with Crippen molar-refractivity contribution in [2.24, 2.45) is 0 Å². The first-order chi connectivity index (χ1) is 18.9. The molecule has 0 saturated carbocycles. The van der Waals surface area contributed by atoms with Gasteiger partial charge in [0.05, 0.1) is 22.0 Å². The Bertz CT molecular complexity index is 1440. The monoisotopic (exact) mass is 667 g/mol. The average Bonchev–Trinajstić information content (AvgIpc) is 2.90. The molecule has 0 unspecified atom stereocenters. The number of halogens is 3. The van der Waals surface area contributed by atoms with Gasteiger partial charge in [0.2, 0.25) is 21.8 Å². The highest BCUT2D eigenvalue weighted by molar-refractivity contribution is 9.10. The van der Waals surface area contributed by atoms with E-state index < -0.39 is 28.5 Å². The molecule has 7 nitrogen and oxygen atoms in total. The molecule has 0 saturated heterocycles. The van der Waals surface area contributed by atoms with E-state index in [1.165, 1.54) is 17.0 Å². The quantitative estimate of drug-likeness (QED) is 0.254. The van der Waals surface area contributed by atoms with Crippen LogP contribution in [0.25, 0.3) is 0 Å². The van der Waals surface area contributed by atoms with E-state index in [2.05, 4.69) is 21.2 Å². The summed E-state index contributed by atoms with van der Waals surface area (Å²) in [7, 11) is -3.96. The smallest absolute Gasteiger partial charge is 0.244 e. The van der Waals surface area contributed by atoms with Crippen LogP contribution in [0.5, 0.6) is 0 Å². The van der Waals surface area contributed by atoms with Crippen LogP contribution in [0.1, 0.15) is 31.4 Å². The van der Waals surface area contributed by atoms with Gasteiger partial charge in [-0.25, -0.2) is 8.42 Å². The SMILES string of the molecule is CC[C@H](C)NC(=O)[C@@H](Cc1ccccc1)N(Cc1cccc(Br)c1)C(=O)CN(c1cccc(Cl)c1Cl)S(C)(=O)=O. The van der Waals surface area contributed by atoms with Gasteiger partial charge in [-0.05, 0) is 48.7 Å². The van der Waals surface area contributed by atoms with Gasteiger partial charge in [0.1, 0.15) is 12.6 Å². The highest BCUT2D eigenvalue weighted by Gasteiger charge is 2.34. The van der Waals surface area contributed by atoms with Crippen molar-refractivity contribution in [2.45, 2.75) is 45.3 Å². The molecule has 0 spiro atoms. The second kappa shape index (κ2) is 14.3. The van der Waals surface area contributed by atoms with Gasteiger partial charge in [-0.1, -0.05) is 94.6 Å². The Labute approximate surface area is 254 Å². The Kier molecular flexibility index (Phi) is 11.5. The number of carbonyl (C=O) groups is 2. The number of hydrogen-bond acceptors (Lipinski definition) is 4. The zero-order chi connectivity index (χ0) is 29.4. The molecule has 1 N–H and O–H groups in total. The third kappa shape index (κ3) is 8.70. The zero-order valence-corrected chi connectivity index (χ0v) is 26.4. The minimum Gasteiger partial charge on any atom is -0.352 e. The number of amides is 2. The predicted molar refractivity (Wildman–Crippen MR) is 165 cm³/mol. The molecule has 0 bridgehead atoms. The van der Waals surface area contributed by atoms with Gasteiger partial charge in [-0.3, -0.25) is 13.9 Å². The van der Waals surface area contributed by atoms with Crippen molar-refractivity contribution in [3.8, 4) is 0 Å². The summed E-state index contributed by atoms with van der Waals surface area (Å²) in [4.78, 5) is 29.2. The molecule has 3 aromatic carbocycles. The lowest BCUT2D eigenvalue weighted by molar-refractivity contribution is -0.140. The lowest BCUT2D eigenvalue weighted by Crippen LogP contribution is -2.54. The second-order valence-corrected chi connectivity index (χ2v) is 13.1. The van der Waals surface area contributed by atoms with Crippen LogP contribution in [0.15, 0.2) is 77.3 Å². The minimum absolute atomic E-state index is 0.0104. The fourth-order valence-corrected chi connectivity index (χ4v) is 5.86. The van der Waals surface area contributed by atoms with E-state index in [0.29, 0.717) is 6.42 Å². The first-order valence-electron chi connectivity index (χ1n) is 12.7. The number of hydrogen-bond donors (Lipinski definition) is 1. The van der Waals surface area contributed by atoms with Crippen LogP contribution in [0.2, 0.25) is 10.0 Å². The van der Waals surface area contributed by atoms with E-state index in [1.807, 2.05) is 68.4 Å². The molecule has 3 aromatic rings. The topological polar surface area (TPSA) is 86.8 Å². The molecule has 0 aromatic heterocycles. The number of nitrogens with one attached hydrogen (secondary N) is 1. The van der Waals surface area contributed by atoms with E-state index in [1.54, 1.807) is 6.07 Å². The van der Waals surface area contributed by atoms with E-state index in [-0.39, 0.29) is 40.6 Å². The summed E-state index contributed by atoms with van der Waals surface area (Å²) in [6.07, 6.45) is 1.94. The molecule has 0 heterocycles. The van der Waals surface area contributed by atoms with Crippen LogP contribution >= 0.6 is 39.1 Å². The molecule has 2 amide bonds. The highest BCUT2D eigenvalue weighted by atomic mass is 79.9. The van der Waals surface area contributed by atoms with Crippen molar-refractivity contribution in [2.75, 3.05) is 17.1 Å². The van der Waals surface area contributed by atoms with Gasteiger partial charge in [-0.15, -0.1) is 0 Å². The van der Waals surface area contributed by atoms with E-state index in [9.17, 15) is 18.0 Å².